The molecule has 24 heavy (non-hydrogen) atoms. The molecule has 1 heterocycles. The SMILES string of the molecule is CSc1nc2ccccc2n1CC(=O)c1cccc(S(N)(=O)=O)c1. The Morgan fingerprint density at radius 1 is 1.21 bits per heavy atom. The van der Waals surface area contributed by atoms with Crippen molar-refractivity contribution >= 4 is 38.6 Å². The summed E-state index contributed by atoms with van der Waals surface area (Å²) in [6.45, 7) is 0.0742. The molecule has 0 fully saturated rings. The number of nitrogens with two attached hydrogens (primary N) is 1. The standard InChI is InChI=1S/C16H15N3O3S2/c1-23-16-18-13-7-2-3-8-14(13)19(16)10-15(20)11-5-4-6-12(9-11)24(17,21)22/h2-9H,10H2,1H3,(H2,17,21,22). The number of carbonyl (C=O) groups is 1. The van der Waals surface area contributed by atoms with Crippen molar-refractivity contribution < 1.29 is 13.2 Å². The first-order valence-electron chi connectivity index (χ1n) is 7.05. The summed E-state index contributed by atoms with van der Waals surface area (Å²) in [5.41, 5.74) is 1.97. The quantitative estimate of drug-likeness (QED) is 0.556. The van der Waals surface area contributed by atoms with E-state index in [-0.39, 0.29) is 17.2 Å². The van der Waals surface area contributed by atoms with Crippen LogP contribution < -0.4 is 5.14 Å². The molecule has 124 valence electrons. The Morgan fingerprint density at radius 2 is 1.96 bits per heavy atom. The highest BCUT2D eigenvalue weighted by Crippen LogP contribution is 2.23. The van der Waals surface area contributed by atoms with Crippen molar-refractivity contribution in [3.8, 4) is 0 Å². The molecule has 2 N–H and O–H groups in total. The van der Waals surface area contributed by atoms with Gasteiger partial charge in [0.2, 0.25) is 10.0 Å². The van der Waals surface area contributed by atoms with Crippen LogP contribution in [0.5, 0.6) is 0 Å². The lowest BCUT2D eigenvalue weighted by molar-refractivity contribution is 0.0970. The minimum atomic E-state index is -3.84. The molecule has 0 aliphatic rings. The van der Waals surface area contributed by atoms with Gasteiger partial charge >= 0.3 is 0 Å². The zero-order valence-electron chi connectivity index (χ0n) is 12.8. The molecule has 0 atom stereocenters. The van der Waals surface area contributed by atoms with Crippen molar-refractivity contribution in [3.63, 3.8) is 0 Å². The average Bonchev–Trinajstić information content (AvgIpc) is 2.92. The number of primary sulfonamides is 1. The van der Waals surface area contributed by atoms with Gasteiger partial charge in [0.25, 0.3) is 0 Å². The fraction of sp³-hybridized carbons (Fsp3) is 0.125. The van der Waals surface area contributed by atoms with Crippen molar-refractivity contribution in [2.24, 2.45) is 5.14 Å². The molecular weight excluding hydrogens is 346 g/mol. The number of benzene rings is 2. The predicted molar refractivity (Wildman–Crippen MR) is 93.7 cm³/mol. The molecule has 0 saturated carbocycles. The molecule has 2 aromatic carbocycles. The Balaban J connectivity index is 1.99. The maximum atomic E-state index is 12.6. The summed E-state index contributed by atoms with van der Waals surface area (Å²) in [4.78, 5) is 17.0. The Hall–Kier alpha value is -2.16. The van der Waals surface area contributed by atoms with Crippen LogP contribution >= 0.6 is 11.8 Å². The van der Waals surface area contributed by atoms with E-state index >= 15 is 0 Å². The first-order chi connectivity index (χ1) is 11.4. The van der Waals surface area contributed by atoms with Crippen LogP contribution in [-0.4, -0.2) is 30.0 Å². The highest BCUT2D eigenvalue weighted by atomic mass is 32.2. The normalized spacial score (nSPS) is 11.8. The summed E-state index contributed by atoms with van der Waals surface area (Å²) < 4.78 is 24.7. The highest BCUT2D eigenvalue weighted by Gasteiger charge is 2.16. The van der Waals surface area contributed by atoms with E-state index in [4.69, 9.17) is 5.14 Å². The van der Waals surface area contributed by atoms with Crippen LogP contribution in [0.3, 0.4) is 0 Å². The van der Waals surface area contributed by atoms with Gasteiger partial charge in [0, 0.05) is 5.56 Å². The fourth-order valence-corrected chi connectivity index (χ4v) is 3.58. The van der Waals surface area contributed by atoms with Gasteiger partial charge in [0.15, 0.2) is 10.9 Å². The van der Waals surface area contributed by atoms with E-state index in [1.165, 1.54) is 30.0 Å². The van der Waals surface area contributed by atoms with Gasteiger partial charge < -0.3 is 4.57 Å². The highest BCUT2D eigenvalue weighted by molar-refractivity contribution is 7.98. The zero-order valence-corrected chi connectivity index (χ0v) is 14.5. The van der Waals surface area contributed by atoms with Crippen molar-refractivity contribution in [1.82, 2.24) is 9.55 Å². The molecule has 0 aliphatic carbocycles. The first-order valence-corrected chi connectivity index (χ1v) is 9.82. The van der Waals surface area contributed by atoms with Crippen LogP contribution in [0.25, 0.3) is 11.0 Å². The first kappa shape index (κ1) is 16.7. The zero-order chi connectivity index (χ0) is 17.3. The van der Waals surface area contributed by atoms with Gasteiger partial charge in [-0.2, -0.15) is 0 Å². The van der Waals surface area contributed by atoms with Gasteiger partial charge in [-0.3, -0.25) is 4.79 Å². The molecule has 0 bridgehead atoms. The largest absolute Gasteiger partial charge is 0.311 e. The molecule has 1 aromatic heterocycles. The summed E-state index contributed by atoms with van der Waals surface area (Å²) in [5, 5.41) is 5.85. The van der Waals surface area contributed by atoms with E-state index in [2.05, 4.69) is 4.98 Å². The van der Waals surface area contributed by atoms with Crippen LogP contribution in [0, 0.1) is 0 Å². The van der Waals surface area contributed by atoms with Gasteiger partial charge in [-0.05, 0) is 30.5 Å². The molecule has 3 aromatic rings. The molecule has 0 saturated heterocycles. The Bertz CT molecular complexity index is 1030. The smallest absolute Gasteiger partial charge is 0.238 e. The minimum absolute atomic E-state index is 0.0742. The number of ketones is 1. The van der Waals surface area contributed by atoms with E-state index in [1.54, 1.807) is 6.07 Å². The van der Waals surface area contributed by atoms with Crippen LogP contribution in [0.2, 0.25) is 0 Å². The molecule has 8 heteroatoms. The number of carbonyl (C=O) groups excluding carboxylic acids is 1. The van der Waals surface area contributed by atoms with Gasteiger partial charge in [-0.25, -0.2) is 18.5 Å². The number of aromatic nitrogens is 2. The number of para-hydroxylation sites is 2. The molecule has 6 nitrogen and oxygen atoms in total. The number of imidazole rings is 1. The van der Waals surface area contributed by atoms with Crippen molar-refractivity contribution in [1.29, 1.82) is 0 Å². The second-order valence-corrected chi connectivity index (χ2v) is 7.50. The summed E-state index contributed by atoms with van der Waals surface area (Å²) in [7, 11) is -3.84. The number of Topliss-reactive ketones (excluding diaryl/α,β-unsaturated/α-hetero) is 1. The third-order valence-electron chi connectivity index (χ3n) is 3.59. The van der Waals surface area contributed by atoms with E-state index in [1.807, 2.05) is 35.1 Å². The maximum absolute atomic E-state index is 12.6. The Kier molecular flexibility index (Phi) is 4.44. The third kappa shape index (κ3) is 3.21. The van der Waals surface area contributed by atoms with E-state index in [9.17, 15) is 13.2 Å². The van der Waals surface area contributed by atoms with Crippen molar-refractivity contribution in [3.05, 3.63) is 54.1 Å². The molecule has 0 radical (unpaired) electrons. The number of thioether (sulfide) groups is 1. The lowest BCUT2D eigenvalue weighted by Crippen LogP contribution is -2.15. The third-order valence-corrected chi connectivity index (χ3v) is 5.18. The maximum Gasteiger partial charge on any atom is 0.238 e. The van der Waals surface area contributed by atoms with Crippen LogP contribution in [0.4, 0.5) is 0 Å². The number of rotatable bonds is 5. The lowest BCUT2D eigenvalue weighted by Gasteiger charge is -2.08. The van der Waals surface area contributed by atoms with Crippen LogP contribution in [-0.2, 0) is 16.6 Å². The van der Waals surface area contributed by atoms with Crippen molar-refractivity contribution in [2.75, 3.05) is 6.26 Å². The second kappa shape index (κ2) is 6.39. The Labute approximate surface area is 143 Å². The number of hydrogen-bond donors (Lipinski definition) is 1. The molecular formula is C16H15N3O3S2. The van der Waals surface area contributed by atoms with Crippen LogP contribution in [0.1, 0.15) is 10.4 Å². The molecule has 0 spiro atoms. The minimum Gasteiger partial charge on any atom is -0.311 e. The average molecular weight is 361 g/mol. The summed E-state index contributed by atoms with van der Waals surface area (Å²) >= 11 is 1.45. The number of hydrogen-bond acceptors (Lipinski definition) is 5. The van der Waals surface area contributed by atoms with Gasteiger partial charge in [-0.1, -0.05) is 36.0 Å². The van der Waals surface area contributed by atoms with Crippen molar-refractivity contribution in [2.45, 2.75) is 16.6 Å². The van der Waals surface area contributed by atoms with E-state index in [0.29, 0.717) is 5.56 Å². The van der Waals surface area contributed by atoms with E-state index < -0.39 is 10.0 Å². The topological polar surface area (TPSA) is 95.0 Å². The summed E-state index contributed by atoms with van der Waals surface area (Å²) in [6, 6.07) is 13.3. The summed E-state index contributed by atoms with van der Waals surface area (Å²) in [5.74, 6) is -0.209. The fourth-order valence-electron chi connectivity index (χ4n) is 2.44. The molecule has 0 aliphatic heterocycles. The molecule has 0 amide bonds. The number of fused-ring (bicyclic) bond motifs is 1. The van der Waals surface area contributed by atoms with Gasteiger partial charge in [0.05, 0.1) is 22.5 Å². The van der Waals surface area contributed by atoms with Gasteiger partial charge in [0.1, 0.15) is 0 Å². The van der Waals surface area contributed by atoms with Crippen LogP contribution in [0.15, 0.2) is 58.6 Å². The Morgan fingerprint density at radius 3 is 2.67 bits per heavy atom. The molecule has 0 unspecified atom stereocenters. The number of nitrogens with zero attached hydrogens (tertiary/aromatic N) is 2. The molecule has 3 rings (SSSR count). The summed E-state index contributed by atoms with van der Waals surface area (Å²) in [6.07, 6.45) is 1.89. The van der Waals surface area contributed by atoms with Gasteiger partial charge in [-0.15, -0.1) is 0 Å². The predicted octanol–water partition coefficient (Wildman–Crippen LogP) is 2.29. The van der Waals surface area contributed by atoms with E-state index in [0.717, 1.165) is 16.2 Å². The number of sulfonamides is 1. The second-order valence-electron chi connectivity index (χ2n) is 5.17. The lowest BCUT2D eigenvalue weighted by atomic mass is 10.1. The monoisotopic (exact) mass is 361 g/mol.